The van der Waals surface area contributed by atoms with Crippen LogP contribution in [0.4, 0.5) is 5.82 Å². The second-order valence-electron chi connectivity index (χ2n) is 4.22. The molecule has 0 radical (unpaired) electrons. The number of aromatic nitrogens is 2. The van der Waals surface area contributed by atoms with Crippen molar-refractivity contribution in [1.82, 2.24) is 9.55 Å². The molecule has 2 aromatic rings. The number of rotatable bonds is 7. The van der Waals surface area contributed by atoms with Gasteiger partial charge in [-0.25, -0.2) is 9.55 Å². The number of benzene rings is 1. The van der Waals surface area contributed by atoms with Gasteiger partial charge in [0.2, 0.25) is 0 Å². The van der Waals surface area contributed by atoms with Crippen molar-refractivity contribution in [3.63, 3.8) is 0 Å². The molecule has 0 aliphatic carbocycles. The minimum atomic E-state index is -1.24. The van der Waals surface area contributed by atoms with Gasteiger partial charge in [0.15, 0.2) is 0 Å². The lowest BCUT2D eigenvalue weighted by molar-refractivity contribution is -0.392. The molecule has 0 spiro atoms. The lowest BCUT2D eigenvalue weighted by Crippen LogP contribution is -2.21. The number of carboxylic acid groups (broad SMARTS) is 1. The third kappa shape index (κ3) is 3.76. The number of nitro groups is 1. The van der Waals surface area contributed by atoms with E-state index in [4.69, 9.17) is 4.74 Å². The van der Waals surface area contributed by atoms with Gasteiger partial charge >= 0.3 is 5.82 Å². The smallest absolute Gasteiger partial charge is 0.343 e. The highest BCUT2D eigenvalue weighted by Crippen LogP contribution is 2.21. The monoisotopic (exact) mass is 322 g/mol. The third-order valence-corrected chi connectivity index (χ3v) is 3.79. The van der Waals surface area contributed by atoms with Gasteiger partial charge in [-0.2, -0.15) is 0 Å². The second-order valence-corrected chi connectivity index (χ2v) is 5.29. The molecular weight excluding hydrogens is 310 g/mol. The van der Waals surface area contributed by atoms with E-state index in [1.54, 1.807) is 19.2 Å². The lowest BCUT2D eigenvalue weighted by atomic mass is 10.2. The zero-order valence-corrected chi connectivity index (χ0v) is 12.4. The number of imidazole rings is 1. The Hall–Kier alpha value is -2.55. The molecule has 0 aliphatic heterocycles. The number of hydrogen-bond acceptors (Lipinski definition) is 7. The zero-order chi connectivity index (χ0) is 16.1. The highest BCUT2D eigenvalue weighted by atomic mass is 32.2. The maximum atomic E-state index is 10.7. The minimum absolute atomic E-state index is 0.0683. The van der Waals surface area contributed by atoms with Crippen LogP contribution >= 0.6 is 11.8 Å². The van der Waals surface area contributed by atoms with Crippen LogP contribution in [0.25, 0.3) is 0 Å². The highest BCUT2D eigenvalue weighted by Gasteiger charge is 2.16. The van der Waals surface area contributed by atoms with Crippen molar-refractivity contribution in [2.75, 3.05) is 12.4 Å². The van der Waals surface area contributed by atoms with Crippen LogP contribution in [0.2, 0.25) is 0 Å². The first-order chi connectivity index (χ1) is 10.5. The molecule has 0 N–H and O–H groups in total. The first kappa shape index (κ1) is 15.8. The Labute approximate surface area is 129 Å². The van der Waals surface area contributed by atoms with Crippen LogP contribution in [0, 0.1) is 10.1 Å². The van der Waals surface area contributed by atoms with E-state index in [0.29, 0.717) is 23.3 Å². The van der Waals surface area contributed by atoms with Crippen LogP contribution in [0.5, 0.6) is 5.75 Å². The fourth-order valence-electron chi connectivity index (χ4n) is 1.67. The minimum Gasteiger partial charge on any atom is -0.545 e. The van der Waals surface area contributed by atoms with Crippen molar-refractivity contribution in [2.45, 2.75) is 5.16 Å². The van der Waals surface area contributed by atoms with Gasteiger partial charge in [-0.05, 0) is 34.8 Å². The zero-order valence-electron chi connectivity index (χ0n) is 11.6. The summed E-state index contributed by atoms with van der Waals surface area (Å²) < 4.78 is 6.85. The van der Waals surface area contributed by atoms with Crippen LogP contribution in [0.3, 0.4) is 0 Å². The van der Waals surface area contributed by atoms with E-state index < -0.39 is 10.9 Å². The largest absolute Gasteiger partial charge is 0.545 e. The molecule has 1 heterocycles. The van der Waals surface area contributed by atoms with E-state index >= 15 is 0 Å². The molecule has 9 heteroatoms. The average Bonchev–Trinajstić information content (AvgIpc) is 2.85. The number of carbonyl (C=O) groups excluding carboxylic acids is 1. The summed E-state index contributed by atoms with van der Waals surface area (Å²) in [6.07, 6.45) is 1.21. The summed E-state index contributed by atoms with van der Waals surface area (Å²) in [4.78, 5) is 24.8. The van der Waals surface area contributed by atoms with Gasteiger partial charge < -0.3 is 24.8 Å². The molecular formula is C13H12N3O5S-. The van der Waals surface area contributed by atoms with Gasteiger partial charge in [-0.1, -0.05) is 11.8 Å². The summed E-state index contributed by atoms with van der Waals surface area (Å²) in [6, 6.07) is 5.89. The number of aromatic carboxylic acids is 1. The number of hydrogen-bond donors (Lipinski definition) is 0. The molecule has 0 aliphatic rings. The molecule has 0 atom stereocenters. The van der Waals surface area contributed by atoms with E-state index in [1.807, 2.05) is 0 Å². The molecule has 8 nitrogen and oxygen atoms in total. The summed E-state index contributed by atoms with van der Waals surface area (Å²) in [6.45, 7) is 0.357. The fourth-order valence-corrected chi connectivity index (χ4v) is 2.43. The quantitative estimate of drug-likeness (QED) is 0.322. The standard InChI is InChI=1S/C13H13N3O5S/c1-15-11(16(19)20)8-14-13(15)22-7-6-21-10-4-2-9(3-5-10)12(17)18/h2-5,8H,6-7H2,1H3,(H,17,18)/p-1. The normalized spacial score (nSPS) is 10.4. The second kappa shape index (κ2) is 6.94. The summed E-state index contributed by atoms with van der Waals surface area (Å²) in [5, 5.41) is 21.8. The van der Waals surface area contributed by atoms with Gasteiger partial charge in [0, 0.05) is 5.75 Å². The summed E-state index contributed by atoms with van der Waals surface area (Å²) in [5.41, 5.74) is 0.0852. The van der Waals surface area contributed by atoms with Gasteiger partial charge in [-0.15, -0.1) is 0 Å². The number of ether oxygens (including phenoxy) is 1. The molecule has 22 heavy (non-hydrogen) atoms. The summed E-state index contributed by atoms with van der Waals surface area (Å²) in [7, 11) is 1.58. The van der Waals surface area contributed by atoms with Gasteiger partial charge in [0.05, 0.1) is 19.6 Å². The lowest BCUT2D eigenvalue weighted by Gasteiger charge is -2.07. The van der Waals surface area contributed by atoms with Gasteiger partial charge in [0.1, 0.15) is 11.9 Å². The number of carbonyl (C=O) groups is 1. The first-order valence-electron chi connectivity index (χ1n) is 6.22. The molecule has 0 unspecified atom stereocenters. The van der Waals surface area contributed by atoms with E-state index in [2.05, 4.69) is 4.98 Å². The van der Waals surface area contributed by atoms with Crippen molar-refractivity contribution < 1.29 is 19.6 Å². The summed E-state index contributed by atoms with van der Waals surface area (Å²) in [5.74, 6) is -0.222. The Morgan fingerprint density at radius 3 is 2.64 bits per heavy atom. The molecule has 0 saturated heterocycles. The highest BCUT2D eigenvalue weighted by molar-refractivity contribution is 7.99. The maximum Gasteiger partial charge on any atom is 0.343 e. The van der Waals surface area contributed by atoms with Gasteiger partial charge in [-0.3, -0.25) is 0 Å². The van der Waals surface area contributed by atoms with E-state index in [1.165, 1.54) is 34.7 Å². The third-order valence-electron chi connectivity index (χ3n) is 2.78. The van der Waals surface area contributed by atoms with Crippen molar-refractivity contribution in [3.05, 3.63) is 46.1 Å². The number of carboxylic acids is 1. The molecule has 0 saturated carbocycles. The van der Waals surface area contributed by atoms with Crippen LogP contribution in [-0.2, 0) is 7.05 Å². The molecule has 0 amide bonds. The molecule has 0 fully saturated rings. The predicted molar refractivity (Wildman–Crippen MR) is 76.9 cm³/mol. The Bertz CT molecular complexity index is 683. The van der Waals surface area contributed by atoms with Crippen LogP contribution in [0.15, 0.2) is 35.6 Å². The predicted octanol–water partition coefficient (Wildman–Crippen LogP) is 0.863. The van der Waals surface area contributed by atoms with E-state index in [0.717, 1.165) is 0 Å². The Morgan fingerprint density at radius 2 is 2.09 bits per heavy atom. The maximum absolute atomic E-state index is 10.7. The topological polar surface area (TPSA) is 110 Å². The first-order valence-corrected chi connectivity index (χ1v) is 7.20. The van der Waals surface area contributed by atoms with Crippen molar-refractivity contribution >= 4 is 23.5 Å². The Balaban J connectivity index is 1.82. The molecule has 116 valence electrons. The van der Waals surface area contributed by atoms with E-state index in [-0.39, 0.29) is 11.4 Å². The SMILES string of the molecule is Cn1c([N+](=O)[O-])cnc1SCCOc1ccc(C(=O)[O-])cc1. The molecule has 1 aromatic carbocycles. The Kier molecular flexibility index (Phi) is 4.99. The van der Waals surface area contributed by atoms with Crippen molar-refractivity contribution in [2.24, 2.45) is 7.05 Å². The van der Waals surface area contributed by atoms with Crippen LogP contribution in [-0.4, -0.2) is 32.8 Å². The molecule has 1 aromatic heterocycles. The summed E-state index contributed by atoms with van der Waals surface area (Å²) >= 11 is 1.33. The van der Waals surface area contributed by atoms with Crippen LogP contribution in [0.1, 0.15) is 10.4 Å². The number of nitrogens with zero attached hydrogens (tertiary/aromatic N) is 3. The van der Waals surface area contributed by atoms with E-state index in [9.17, 15) is 20.0 Å². The Morgan fingerprint density at radius 1 is 1.41 bits per heavy atom. The fraction of sp³-hybridized carbons (Fsp3) is 0.231. The van der Waals surface area contributed by atoms with Crippen molar-refractivity contribution in [3.8, 4) is 5.75 Å². The average molecular weight is 322 g/mol. The van der Waals surface area contributed by atoms with Crippen LogP contribution < -0.4 is 9.84 Å². The molecule has 2 rings (SSSR count). The van der Waals surface area contributed by atoms with Crippen molar-refractivity contribution in [1.29, 1.82) is 0 Å². The molecule has 0 bridgehead atoms. The number of thioether (sulfide) groups is 1. The van der Waals surface area contributed by atoms with Gasteiger partial charge in [0.25, 0.3) is 5.16 Å².